The average molecular weight is 421 g/mol. The van der Waals surface area contributed by atoms with E-state index in [2.05, 4.69) is 15.4 Å². The van der Waals surface area contributed by atoms with Gasteiger partial charge in [-0.3, -0.25) is 9.59 Å². The molecule has 29 heavy (non-hydrogen) atoms. The first-order valence-corrected chi connectivity index (χ1v) is 9.30. The fraction of sp³-hybridized carbons (Fsp3) is 0.381. The van der Waals surface area contributed by atoms with Gasteiger partial charge in [-0.1, -0.05) is 12.1 Å². The van der Waals surface area contributed by atoms with Gasteiger partial charge in [0.05, 0.1) is 13.5 Å². The van der Waals surface area contributed by atoms with E-state index < -0.39 is 11.5 Å². The summed E-state index contributed by atoms with van der Waals surface area (Å²) in [5, 5.41) is 6.00. The second-order valence-corrected chi connectivity index (χ2v) is 6.94. The Morgan fingerprint density at radius 3 is 2.76 bits per heavy atom. The molecule has 1 atom stereocenters. The normalized spacial score (nSPS) is 15.9. The number of amides is 1. The van der Waals surface area contributed by atoms with Crippen LogP contribution in [0.3, 0.4) is 0 Å². The molecule has 2 N–H and O–H groups in total. The van der Waals surface area contributed by atoms with Crippen molar-refractivity contribution >= 4 is 30.0 Å². The lowest BCUT2D eigenvalue weighted by Crippen LogP contribution is -2.30. The highest BCUT2D eigenvalue weighted by atomic mass is 35.5. The summed E-state index contributed by atoms with van der Waals surface area (Å²) in [7, 11) is 1.32. The fourth-order valence-corrected chi connectivity index (χ4v) is 3.39. The third-order valence-corrected chi connectivity index (χ3v) is 4.86. The number of ether oxygens (including phenoxy) is 1. The highest BCUT2D eigenvalue weighted by Crippen LogP contribution is 2.24. The second kappa shape index (κ2) is 10.2. The minimum atomic E-state index is -0.635. The van der Waals surface area contributed by atoms with Crippen LogP contribution in [0.2, 0.25) is 0 Å². The molecule has 1 unspecified atom stereocenters. The monoisotopic (exact) mass is 420 g/mol. The van der Waals surface area contributed by atoms with Gasteiger partial charge in [-0.2, -0.15) is 0 Å². The van der Waals surface area contributed by atoms with Crippen molar-refractivity contribution in [2.45, 2.75) is 32.1 Å². The molecule has 1 aromatic carbocycles. The predicted molar refractivity (Wildman–Crippen MR) is 112 cm³/mol. The number of benzene rings is 1. The zero-order valence-corrected chi connectivity index (χ0v) is 17.3. The maximum absolute atomic E-state index is 12.7. The minimum absolute atomic E-state index is 0. The molecule has 1 saturated heterocycles. The molecule has 0 aliphatic carbocycles. The molecule has 1 aromatic heterocycles. The van der Waals surface area contributed by atoms with E-state index in [1.165, 1.54) is 7.11 Å². The zero-order valence-electron chi connectivity index (χ0n) is 16.4. The van der Waals surface area contributed by atoms with Crippen LogP contribution in [-0.2, 0) is 16.0 Å². The number of hydrogen-bond donors (Lipinski definition) is 2. The van der Waals surface area contributed by atoms with E-state index >= 15 is 0 Å². The van der Waals surface area contributed by atoms with Crippen molar-refractivity contribution in [3.05, 3.63) is 63.2 Å². The van der Waals surface area contributed by atoms with Crippen LogP contribution in [-0.4, -0.2) is 32.1 Å². The van der Waals surface area contributed by atoms with Gasteiger partial charge in [-0.15, -0.1) is 12.4 Å². The van der Waals surface area contributed by atoms with E-state index in [0.29, 0.717) is 22.6 Å². The first-order chi connectivity index (χ1) is 13.5. The Labute approximate surface area is 175 Å². The van der Waals surface area contributed by atoms with Gasteiger partial charge in [0.25, 0.3) is 5.91 Å². The number of nitrogens with one attached hydrogen (secondary N) is 2. The maximum Gasteiger partial charge on any atom is 0.349 e. The van der Waals surface area contributed by atoms with Crippen LogP contribution in [0.15, 0.2) is 39.5 Å². The number of carbonyl (C=O) groups excluding carboxylic acids is 2. The molecule has 1 aliphatic heterocycles. The number of halogens is 1. The molecule has 0 spiro atoms. The molecule has 0 saturated carbocycles. The maximum atomic E-state index is 12.7. The molecule has 1 fully saturated rings. The largest absolute Gasteiger partial charge is 0.469 e. The van der Waals surface area contributed by atoms with Crippen molar-refractivity contribution < 1.29 is 18.7 Å². The van der Waals surface area contributed by atoms with Crippen molar-refractivity contribution in [2.75, 3.05) is 25.5 Å². The third-order valence-electron chi connectivity index (χ3n) is 4.86. The lowest BCUT2D eigenvalue weighted by atomic mass is 9.95. The smallest absolute Gasteiger partial charge is 0.349 e. The number of aryl methyl sites for hydroxylation is 1. The van der Waals surface area contributed by atoms with E-state index in [0.717, 1.165) is 25.9 Å². The number of carbonyl (C=O) groups is 2. The lowest BCUT2D eigenvalue weighted by Gasteiger charge is -2.22. The van der Waals surface area contributed by atoms with Gasteiger partial charge < -0.3 is 19.8 Å². The first-order valence-electron chi connectivity index (χ1n) is 9.30. The standard InChI is InChI=1S/C21H24N2O5.ClH/c1-13-9-17(15-6-4-8-22-12-15)28-21(26)19(13)20(25)23-16-7-3-5-14(10-16)11-18(24)27-2;/h3,5,7,9-10,15,22H,4,6,8,11-12H2,1-2H3,(H,23,25);1H. The molecule has 7 nitrogen and oxygen atoms in total. The van der Waals surface area contributed by atoms with Crippen molar-refractivity contribution in [3.63, 3.8) is 0 Å². The second-order valence-electron chi connectivity index (χ2n) is 6.94. The molecule has 0 radical (unpaired) electrons. The fourth-order valence-electron chi connectivity index (χ4n) is 3.39. The van der Waals surface area contributed by atoms with Crippen LogP contribution < -0.4 is 16.3 Å². The zero-order chi connectivity index (χ0) is 20.1. The van der Waals surface area contributed by atoms with Crippen molar-refractivity contribution in [1.82, 2.24) is 5.32 Å². The summed E-state index contributed by atoms with van der Waals surface area (Å²) in [5.74, 6) is -0.138. The summed E-state index contributed by atoms with van der Waals surface area (Å²) in [6, 6.07) is 8.63. The SMILES string of the molecule is COC(=O)Cc1cccc(NC(=O)c2c(C)cc(C3CCCNC3)oc2=O)c1.Cl. The van der Waals surface area contributed by atoms with Crippen LogP contribution in [0, 0.1) is 6.92 Å². The van der Waals surface area contributed by atoms with Crippen LogP contribution in [0.25, 0.3) is 0 Å². The van der Waals surface area contributed by atoms with E-state index in [-0.39, 0.29) is 36.3 Å². The summed E-state index contributed by atoms with van der Waals surface area (Å²) >= 11 is 0. The number of rotatable bonds is 5. The first kappa shape index (κ1) is 22.6. The molecule has 156 valence electrons. The quantitative estimate of drug-likeness (QED) is 0.722. The molecule has 2 aromatic rings. The Balaban J connectivity index is 0.00000300. The summed E-state index contributed by atoms with van der Waals surface area (Å²) in [5.41, 5.74) is 1.13. The van der Waals surface area contributed by atoms with E-state index in [1.807, 2.05) is 0 Å². The van der Waals surface area contributed by atoms with Gasteiger partial charge in [-0.25, -0.2) is 4.79 Å². The van der Waals surface area contributed by atoms with Crippen LogP contribution in [0.1, 0.15) is 46.0 Å². The number of anilines is 1. The Bertz CT molecular complexity index is 935. The van der Waals surface area contributed by atoms with E-state index in [9.17, 15) is 14.4 Å². The van der Waals surface area contributed by atoms with Gasteiger partial charge in [0.15, 0.2) is 0 Å². The Kier molecular flexibility index (Phi) is 7.99. The Morgan fingerprint density at radius 2 is 2.10 bits per heavy atom. The molecule has 3 rings (SSSR count). The molecule has 1 amide bonds. The minimum Gasteiger partial charge on any atom is -0.469 e. The summed E-state index contributed by atoms with van der Waals surface area (Å²) < 4.78 is 10.1. The molecule has 8 heteroatoms. The van der Waals surface area contributed by atoms with Crippen LogP contribution in [0.5, 0.6) is 0 Å². The number of piperidine rings is 1. The van der Waals surface area contributed by atoms with Gasteiger partial charge >= 0.3 is 11.6 Å². The topological polar surface area (TPSA) is 97.6 Å². The highest BCUT2D eigenvalue weighted by molar-refractivity contribution is 6.05. The number of hydrogen-bond acceptors (Lipinski definition) is 6. The Hall–Kier alpha value is -2.64. The summed E-state index contributed by atoms with van der Waals surface area (Å²) in [6.45, 7) is 3.47. The average Bonchev–Trinajstić information content (AvgIpc) is 2.68. The molecule has 1 aliphatic rings. The molecular weight excluding hydrogens is 396 g/mol. The number of esters is 1. The molecule has 0 bridgehead atoms. The highest BCUT2D eigenvalue weighted by Gasteiger charge is 2.22. The third kappa shape index (κ3) is 5.68. The molecule has 2 heterocycles. The van der Waals surface area contributed by atoms with Crippen molar-refractivity contribution in [2.24, 2.45) is 0 Å². The van der Waals surface area contributed by atoms with Gasteiger partial charge in [-0.05, 0) is 55.6 Å². The number of methoxy groups -OCH3 is 1. The van der Waals surface area contributed by atoms with Crippen LogP contribution >= 0.6 is 12.4 Å². The van der Waals surface area contributed by atoms with Gasteiger partial charge in [0.1, 0.15) is 11.3 Å². The summed E-state index contributed by atoms with van der Waals surface area (Å²) in [6.07, 6.45) is 2.08. The van der Waals surface area contributed by atoms with Gasteiger partial charge in [0.2, 0.25) is 0 Å². The summed E-state index contributed by atoms with van der Waals surface area (Å²) in [4.78, 5) is 36.6. The van der Waals surface area contributed by atoms with Gasteiger partial charge in [0, 0.05) is 18.2 Å². The van der Waals surface area contributed by atoms with E-state index in [1.54, 1.807) is 37.3 Å². The Morgan fingerprint density at radius 1 is 1.31 bits per heavy atom. The lowest BCUT2D eigenvalue weighted by molar-refractivity contribution is -0.139. The van der Waals surface area contributed by atoms with E-state index in [4.69, 9.17) is 4.42 Å². The van der Waals surface area contributed by atoms with Crippen molar-refractivity contribution in [3.8, 4) is 0 Å². The van der Waals surface area contributed by atoms with Crippen molar-refractivity contribution in [1.29, 1.82) is 0 Å². The molecular formula is C21H25ClN2O5. The predicted octanol–water partition coefficient (Wildman–Crippen LogP) is 2.80. The van der Waals surface area contributed by atoms with Crippen LogP contribution in [0.4, 0.5) is 5.69 Å².